The maximum Gasteiger partial charge on any atom is 0.235 e. The summed E-state index contributed by atoms with van der Waals surface area (Å²) in [7, 11) is 0. The molecule has 1 aliphatic carbocycles. The number of nitrogens with zero attached hydrogens (tertiary/aromatic N) is 2. The standard InChI is InChI=1S/C26H24N4O2S3/c1-16-11-13-17(14-12-16)23(32)22-19-9-5-6-10-20(19)34-24(22)28-21(31)15-33-26-30-29-25(35-26)27-18-7-3-2-4-8-18/h2-4,7-8,11-14H,5-6,9-10,15H2,1H3,(H,27,29)(H,28,31). The van der Waals surface area contributed by atoms with Crippen LogP contribution >= 0.6 is 34.4 Å². The highest BCUT2D eigenvalue weighted by Gasteiger charge is 2.27. The summed E-state index contributed by atoms with van der Waals surface area (Å²) in [5.41, 5.74) is 4.47. The molecule has 9 heteroatoms. The Bertz CT molecular complexity index is 1350. The molecule has 0 fully saturated rings. The minimum atomic E-state index is -0.153. The topological polar surface area (TPSA) is 84.0 Å². The first-order chi connectivity index (χ1) is 17.1. The Morgan fingerprint density at radius 1 is 0.971 bits per heavy atom. The van der Waals surface area contributed by atoms with Gasteiger partial charge in [-0.25, -0.2) is 0 Å². The van der Waals surface area contributed by atoms with Gasteiger partial charge in [0.1, 0.15) is 5.00 Å². The summed E-state index contributed by atoms with van der Waals surface area (Å²) in [5.74, 6) is 0.0215. The monoisotopic (exact) mass is 520 g/mol. The van der Waals surface area contributed by atoms with Crippen LogP contribution in [0, 0.1) is 6.92 Å². The molecule has 0 atom stereocenters. The largest absolute Gasteiger partial charge is 0.330 e. The number of para-hydroxylation sites is 1. The fraction of sp³-hybridized carbons (Fsp3) is 0.231. The average Bonchev–Trinajstić information content (AvgIpc) is 3.47. The number of ketones is 1. The molecule has 2 aromatic heterocycles. The van der Waals surface area contributed by atoms with Gasteiger partial charge in [0.05, 0.1) is 11.3 Å². The lowest BCUT2D eigenvalue weighted by Crippen LogP contribution is -2.16. The van der Waals surface area contributed by atoms with E-state index < -0.39 is 0 Å². The molecule has 2 N–H and O–H groups in total. The highest BCUT2D eigenvalue weighted by Crippen LogP contribution is 2.39. The first-order valence-electron chi connectivity index (χ1n) is 11.4. The van der Waals surface area contributed by atoms with Gasteiger partial charge >= 0.3 is 0 Å². The number of aryl methyl sites for hydroxylation is 2. The van der Waals surface area contributed by atoms with Gasteiger partial charge in [-0.2, -0.15) is 0 Å². The number of thioether (sulfide) groups is 1. The summed E-state index contributed by atoms with van der Waals surface area (Å²) in [6.45, 7) is 2.00. The van der Waals surface area contributed by atoms with Crippen LogP contribution in [0.1, 0.15) is 44.8 Å². The van der Waals surface area contributed by atoms with Gasteiger partial charge < -0.3 is 10.6 Å². The number of nitrogens with one attached hydrogen (secondary N) is 2. The van der Waals surface area contributed by atoms with Crippen molar-refractivity contribution in [3.8, 4) is 0 Å². The van der Waals surface area contributed by atoms with Gasteiger partial charge in [-0.1, -0.05) is 71.1 Å². The van der Waals surface area contributed by atoms with E-state index in [9.17, 15) is 9.59 Å². The molecule has 1 amide bonds. The Balaban J connectivity index is 1.27. The van der Waals surface area contributed by atoms with E-state index in [4.69, 9.17) is 0 Å². The van der Waals surface area contributed by atoms with Gasteiger partial charge in [0.25, 0.3) is 0 Å². The molecule has 178 valence electrons. The van der Waals surface area contributed by atoms with Crippen LogP contribution in [0.3, 0.4) is 0 Å². The van der Waals surface area contributed by atoms with Gasteiger partial charge in [-0.3, -0.25) is 9.59 Å². The summed E-state index contributed by atoms with van der Waals surface area (Å²) in [5, 5.41) is 15.9. The van der Waals surface area contributed by atoms with E-state index in [1.165, 1.54) is 28.0 Å². The molecule has 0 saturated carbocycles. The second-order valence-electron chi connectivity index (χ2n) is 8.31. The Labute approximate surface area is 216 Å². The molecule has 1 aliphatic rings. The SMILES string of the molecule is Cc1ccc(C(=O)c2c(NC(=O)CSc3nnc(Nc4ccccc4)s3)sc3c2CCCC3)cc1. The van der Waals surface area contributed by atoms with Crippen LogP contribution in [0.4, 0.5) is 15.8 Å². The smallest absolute Gasteiger partial charge is 0.235 e. The summed E-state index contributed by atoms with van der Waals surface area (Å²) in [6, 6.07) is 17.4. The lowest BCUT2D eigenvalue weighted by atomic mass is 9.91. The van der Waals surface area contributed by atoms with E-state index in [1.807, 2.05) is 61.5 Å². The molecule has 0 unspecified atom stereocenters. The van der Waals surface area contributed by atoms with Crippen LogP contribution in [0.15, 0.2) is 58.9 Å². The average molecular weight is 521 g/mol. The fourth-order valence-corrected chi connectivity index (χ4v) is 6.87. The van der Waals surface area contributed by atoms with Crippen LogP contribution in [0.2, 0.25) is 0 Å². The minimum absolute atomic E-state index is 0.0203. The molecule has 0 bridgehead atoms. The number of rotatable bonds is 8. The number of aromatic nitrogens is 2. The van der Waals surface area contributed by atoms with Crippen LogP contribution in [-0.2, 0) is 17.6 Å². The lowest BCUT2D eigenvalue weighted by Gasteiger charge is -2.13. The van der Waals surface area contributed by atoms with E-state index >= 15 is 0 Å². The highest BCUT2D eigenvalue weighted by atomic mass is 32.2. The summed E-state index contributed by atoms with van der Waals surface area (Å²) in [6.07, 6.45) is 4.02. The summed E-state index contributed by atoms with van der Waals surface area (Å²) in [4.78, 5) is 27.5. The zero-order valence-corrected chi connectivity index (χ0v) is 21.6. The molecule has 0 spiro atoms. The van der Waals surface area contributed by atoms with E-state index in [2.05, 4.69) is 20.8 Å². The van der Waals surface area contributed by atoms with Crippen molar-refractivity contribution in [2.75, 3.05) is 16.4 Å². The molecule has 35 heavy (non-hydrogen) atoms. The van der Waals surface area contributed by atoms with Crippen molar-refractivity contribution in [1.29, 1.82) is 0 Å². The van der Waals surface area contributed by atoms with Crippen molar-refractivity contribution in [3.05, 3.63) is 81.7 Å². The Kier molecular flexibility index (Phi) is 7.26. The molecule has 5 rings (SSSR count). The van der Waals surface area contributed by atoms with E-state index in [-0.39, 0.29) is 17.4 Å². The molecule has 2 heterocycles. The quantitative estimate of drug-likeness (QED) is 0.204. The highest BCUT2D eigenvalue weighted by molar-refractivity contribution is 8.01. The molecule has 0 saturated heterocycles. The molecular formula is C26H24N4O2S3. The van der Waals surface area contributed by atoms with Gasteiger partial charge in [0.2, 0.25) is 11.0 Å². The first-order valence-corrected chi connectivity index (χ1v) is 14.0. The maximum atomic E-state index is 13.5. The maximum absolute atomic E-state index is 13.5. The third-order valence-corrected chi connectivity index (χ3v) is 8.90. The van der Waals surface area contributed by atoms with Crippen LogP contribution in [0.25, 0.3) is 0 Å². The number of anilines is 3. The Morgan fingerprint density at radius 3 is 2.54 bits per heavy atom. The predicted molar refractivity (Wildman–Crippen MR) is 145 cm³/mol. The lowest BCUT2D eigenvalue weighted by molar-refractivity contribution is -0.113. The number of carbonyl (C=O) groups excluding carboxylic acids is 2. The Hall–Kier alpha value is -3.01. The number of hydrogen-bond acceptors (Lipinski definition) is 8. The zero-order valence-electron chi connectivity index (χ0n) is 19.2. The normalized spacial score (nSPS) is 12.7. The predicted octanol–water partition coefficient (Wildman–Crippen LogP) is 6.49. The third kappa shape index (κ3) is 5.63. The number of thiophene rings is 1. The molecule has 4 aromatic rings. The van der Waals surface area contributed by atoms with Crippen molar-refractivity contribution in [3.63, 3.8) is 0 Å². The zero-order chi connectivity index (χ0) is 24.2. The van der Waals surface area contributed by atoms with E-state index in [1.54, 1.807) is 11.3 Å². The number of carbonyl (C=O) groups is 2. The Morgan fingerprint density at radius 2 is 1.74 bits per heavy atom. The molecule has 6 nitrogen and oxygen atoms in total. The van der Waals surface area contributed by atoms with Crippen molar-refractivity contribution in [1.82, 2.24) is 10.2 Å². The minimum Gasteiger partial charge on any atom is -0.330 e. The van der Waals surface area contributed by atoms with Gasteiger partial charge in [0, 0.05) is 16.1 Å². The molecule has 0 radical (unpaired) electrons. The van der Waals surface area contributed by atoms with Crippen LogP contribution < -0.4 is 10.6 Å². The summed E-state index contributed by atoms with van der Waals surface area (Å²) >= 11 is 4.29. The molecule has 0 aliphatic heterocycles. The van der Waals surface area contributed by atoms with Crippen molar-refractivity contribution in [2.45, 2.75) is 36.9 Å². The van der Waals surface area contributed by atoms with Gasteiger partial charge in [0.15, 0.2) is 10.1 Å². The number of fused-ring (bicyclic) bond motifs is 1. The van der Waals surface area contributed by atoms with Gasteiger partial charge in [-0.15, -0.1) is 21.5 Å². The second-order valence-corrected chi connectivity index (χ2v) is 11.6. The van der Waals surface area contributed by atoms with Crippen LogP contribution in [0.5, 0.6) is 0 Å². The van der Waals surface area contributed by atoms with Crippen LogP contribution in [-0.4, -0.2) is 27.6 Å². The van der Waals surface area contributed by atoms with E-state index in [0.717, 1.165) is 42.5 Å². The summed E-state index contributed by atoms with van der Waals surface area (Å²) < 4.78 is 0.708. The van der Waals surface area contributed by atoms with E-state index in [0.29, 0.717) is 25.6 Å². The second kappa shape index (κ2) is 10.7. The number of hydrogen-bond donors (Lipinski definition) is 2. The number of benzene rings is 2. The van der Waals surface area contributed by atoms with Crippen molar-refractivity contribution in [2.24, 2.45) is 0 Å². The first kappa shape index (κ1) is 23.7. The fourth-order valence-electron chi connectivity index (χ4n) is 4.00. The van der Waals surface area contributed by atoms with Crippen molar-refractivity contribution >= 4 is 61.9 Å². The van der Waals surface area contributed by atoms with Gasteiger partial charge in [-0.05, 0) is 50.3 Å². The molecular weight excluding hydrogens is 497 g/mol. The molecule has 2 aromatic carbocycles. The van der Waals surface area contributed by atoms with Crippen molar-refractivity contribution < 1.29 is 9.59 Å². The number of amides is 1. The third-order valence-electron chi connectivity index (χ3n) is 5.72.